The lowest BCUT2D eigenvalue weighted by molar-refractivity contribution is -0.141. The van der Waals surface area contributed by atoms with Crippen molar-refractivity contribution < 1.29 is 35.5 Å². The largest absolute Gasteiger partial charge is 0.433 e. The highest BCUT2D eigenvalue weighted by Gasteiger charge is 2.34. The Kier molecular flexibility index (Phi) is 8.64. The number of halogens is 7. The van der Waals surface area contributed by atoms with E-state index in [9.17, 15) is 35.5 Å². The molecule has 3 aromatic rings. The smallest absolute Gasteiger partial charge is 0.386 e. The second kappa shape index (κ2) is 11.8. The number of hydrogen-bond acceptors (Lipinski definition) is 5. The monoisotopic (exact) mass is 583 g/mol. The normalized spacial score (nSPS) is 15.0. The molecule has 0 saturated carbocycles. The Morgan fingerprint density at radius 2 is 1.54 bits per heavy atom. The summed E-state index contributed by atoms with van der Waals surface area (Å²) in [7, 11) is 1.57. The van der Waals surface area contributed by atoms with Crippen molar-refractivity contribution in [2.45, 2.75) is 31.7 Å². The quantitative estimate of drug-likeness (QED) is 0.332. The van der Waals surface area contributed by atoms with Crippen LogP contribution in [0.3, 0.4) is 0 Å². The van der Waals surface area contributed by atoms with Gasteiger partial charge in [0.2, 0.25) is 5.91 Å². The number of rotatable bonds is 7. The summed E-state index contributed by atoms with van der Waals surface area (Å²) in [5.41, 5.74) is -0.214. The molecule has 0 bridgehead atoms. The van der Waals surface area contributed by atoms with Gasteiger partial charge >= 0.3 is 12.4 Å². The van der Waals surface area contributed by atoms with Crippen LogP contribution in [0.25, 0.3) is 0 Å². The summed E-state index contributed by atoms with van der Waals surface area (Å²) in [6, 6.07) is 11.2. The predicted octanol–water partition coefficient (Wildman–Crippen LogP) is 6.05. The van der Waals surface area contributed by atoms with E-state index in [1.165, 1.54) is 30.3 Å². The van der Waals surface area contributed by atoms with E-state index in [1.54, 1.807) is 24.9 Å². The van der Waals surface area contributed by atoms with Crippen molar-refractivity contribution in [3.63, 3.8) is 0 Å². The van der Waals surface area contributed by atoms with Crippen molar-refractivity contribution in [2.75, 3.05) is 48.3 Å². The summed E-state index contributed by atoms with van der Waals surface area (Å²) in [6.45, 7) is 2.66. The van der Waals surface area contributed by atoms with Crippen LogP contribution in [0.4, 0.5) is 47.9 Å². The van der Waals surface area contributed by atoms with Crippen LogP contribution < -0.4 is 20.4 Å². The minimum absolute atomic E-state index is 0.0595. The molecular weight excluding hydrogens is 555 g/mol. The summed E-state index contributed by atoms with van der Waals surface area (Å²) in [5, 5.41) is 5.41. The molecule has 220 valence electrons. The average molecular weight is 584 g/mol. The number of carbonyl (C=O) groups excluding carboxylic acids is 1. The van der Waals surface area contributed by atoms with E-state index < -0.39 is 41.3 Å². The number of alkyl halides is 6. The number of hydrogen-bond donors (Lipinski definition) is 2. The Morgan fingerprint density at radius 3 is 2.10 bits per heavy atom. The third kappa shape index (κ3) is 7.01. The maximum absolute atomic E-state index is 14.2. The number of nitrogens with one attached hydrogen (secondary N) is 2. The standard InChI is InChI=1S/C28H28F7N5O/c1-17(18-3-9-23(36-2)22(29)15-18)26(41)37-16-19-4-10-24(28(33,34)35)38-25(19)40-13-11-39(12-14-40)21-7-5-20(6-8-21)27(30,31)32/h3-10,15,17,36H,11-14,16H2,1-2H3,(H,37,41). The Morgan fingerprint density at radius 1 is 0.902 bits per heavy atom. The van der Waals surface area contributed by atoms with Crippen LogP contribution in [0.2, 0.25) is 0 Å². The summed E-state index contributed by atoms with van der Waals surface area (Å²) in [4.78, 5) is 20.2. The second-order valence-corrected chi connectivity index (χ2v) is 9.62. The van der Waals surface area contributed by atoms with Crippen LogP contribution in [0.5, 0.6) is 0 Å². The molecule has 2 aromatic carbocycles. The van der Waals surface area contributed by atoms with Gasteiger partial charge in [-0.15, -0.1) is 0 Å². The van der Waals surface area contributed by atoms with Crippen LogP contribution in [-0.4, -0.2) is 44.1 Å². The van der Waals surface area contributed by atoms with Crippen LogP contribution in [-0.2, 0) is 23.7 Å². The molecular formula is C28H28F7N5O. The first-order chi connectivity index (χ1) is 19.3. The maximum atomic E-state index is 14.2. The molecule has 13 heteroatoms. The van der Waals surface area contributed by atoms with Crippen LogP contribution >= 0.6 is 0 Å². The maximum Gasteiger partial charge on any atom is 0.433 e. The fourth-order valence-electron chi connectivity index (χ4n) is 4.57. The molecule has 6 nitrogen and oxygen atoms in total. The van der Waals surface area contributed by atoms with Gasteiger partial charge in [0.15, 0.2) is 0 Å². The summed E-state index contributed by atoms with van der Waals surface area (Å²) in [6.07, 6.45) is -9.14. The minimum atomic E-state index is -4.68. The van der Waals surface area contributed by atoms with Gasteiger partial charge in [-0.3, -0.25) is 4.79 Å². The van der Waals surface area contributed by atoms with E-state index >= 15 is 0 Å². The molecule has 1 fully saturated rings. The highest BCUT2D eigenvalue weighted by atomic mass is 19.4. The van der Waals surface area contributed by atoms with E-state index in [-0.39, 0.29) is 31.1 Å². The average Bonchev–Trinajstić information content (AvgIpc) is 2.94. The lowest BCUT2D eigenvalue weighted by atomic mass is 9.99. The topological polar surface area (TPSA) is 60.5 Å². The number of aromatic nitrogens is 1. The highest BCUT2D eigenvalue weighted by Crippen LogP contribution is 2.33. The highest BCUT2D eigenvalue weighted by molar-refractivity contribution is 5.83. The number of piperazine rings is 1. The molecule has 0 radical (unpaired) electrons. The van der Waals surface area contributed by atoms with E-state index in [0.29, 0.717) is 29.9 Å². The first-order valence-electron chi connectivity index (χ1n) is 12.8. The Balaban J connectivity index is 1.48. The zero-order chi connectivity index (χ0) is 29.9. The van der Waals surface area contributed by atoms with Crippen molar-refractivity contribution in [2.24, 2.45) is 0 Å². The van der Waals surface area contributed by atoms with Gasteiger partial charge in [-0.05, 0) is 55.0 Å². The molecule has 1 unspecified atom stereocenters. The number of carbonyl (C=O) groups is 1. The Hall–Kier alpha value is -4.03. The SMILES string of the molecule is CNc1ccc(C(C)C(=O)NCc2ccc(C(F)(F)F)nc2N2CCN(c3ccc(C(F)(F)F)cc3)CC2)cc1F. The molecule has 1 saturated heterocycles. The second-order valence-electron chi connectivity index (χ2n) is 9.62. The van der Waals surface area contributed by atoms with Gasteiger partial charge in [-0.2, -0.15) is 26.3 Å². The Bertz CT molecular complexity index is 1370. The fraction of sp³-hybridized carbons (Fsp3) is 0.357. The molecule has 2 heterocycles. The summed E-state index contributed by atoms with van der Waals surface area (Å²) >= 11 is 0. The summed E-state index contributed by atoms with van der Waals surface area (Å²) < 4.78 is 93.3. The number of amides is 1. The van der Waals surface area contributed by atoms with E-state index in [0.717, 1.165) is 18.2 Å². The van der Waals surface area contributed by atoms with Gasteiger partial charge < -0.3 is 20.4 Å². The van der Waals surface area contributed by atoms with Gasteiger partial charge in [0.05, 0.1) is 17.2 Å². The third-order valence-electron chi connectivity index (χ3n) is 6.99. The number of pyridine rings is 1. The van der Waals surface area contributed by atoms with Crippen molar-refractivity contribution in [1.29, 1.82) is 0 Å². The summed E-state index contributed by atoms with van der Waals surface area (Å²) in [5.74, 6) is -1.63. The fourth-order valence-corrected chi connectivity index (χ4v) is 4.57. The third-order valence-corrected chi connectivity index (χ3v) is 6.99. The molecule has 4 rings (SSSR count). The zero-order valence-electron chi connectivity index (χ0n) is 22.2. The Labute approximate surface area is 232 Å². The molecule has 1 aliphatic rings. The first-order valence-corrected chi connectivity index (χ1v) is 12.8. The molecule has 41 heavy (non-hydrogen) atoms. The number of benzene rings is 2. The molecule has 2 N–H and O–H groups in total. The molecule has 1 aromatic heterocycles. The van der Waals surface area contributed by atoms with Gasteiger partial charge in [0.25, 0.3) is 0 Å². The van der Waals surface area contributed by atoms with Gasteiger partial charge in [-0.1, -0.05) is 12.1 Å². The van der Waals surface area contributed by atoms with Crippen molar-refractivity contribution in [3.8, 4) is 0 Å². The molecule has 0 spiro atoms. The minimum Gasteiger partial charge on any atom is -0.386 e. The molecule has 1 amide bonds. The molecule has 1 aliphatic heterocycles. The zero-order valence-corrected chi connectivity index (χ0v) is 22.2. The predicted molar refractivity (Wildman–Crippen MR) is 141 cm³/mol. The van der Waals surface area contributed by atoms with E-state index in [4.69, 9.17) is 0 Å². The van der Waals surface area contributed by atoms with E-state index in [2.05, 4.69) is 15.6 Å². The van der Waals surface area contributed by atoms with Gasteiger partial charge in [0.1, 0.15) is 17.3 Å². The lowest BCUT2D eigenvalue weighted by Gasteiger charge is -2.37. The number of anilines is 3. The number of nitrogens with zero attached hydrogens (tertiary/aromatic N) is 3. The van der Waals surface area contributed by atoms with Crippen LogP contribution in [0, 0.1) is 5.82 Å². The lowest BCUT2D eigenvalue weighted by Crippen LogP contribution is -2.47. The van der Waals surface area contributed by atoms with Crippen molar-refractivity contribution in [1.82, 2.24) is 10.3 Å². The van der Waals surface area contributed by atoms with Crippen molar-refractivity contribution in [3.05, 3.63) is 82.8 Å². The van der Waals surface area contributed by atoms with Crippen LogP contribution in [0.15, 0.2) is 54.6 Å². The molecule has 1 atom stereocenters. The van der Waals surface area contributed by atoms with Crippen LogP contribution in [0.1, 0.15) is 35.2 Å². The first kappa shape index (κ1) is 29.9. The molecule has 0 aliphatic carbocycles. The van der Waals surface area contributed by atoms with E-state index in [1.807, 2.05) is 4.90 Å². The van der Waals surface area contributed by atoms with Crippen molar-refractivity contribution >= 4 is 23.1 Å². The van der Waals surface area contributed by atoms with Gasteiger partial charge in [0, 0.05) is 51.0 Å². The van der Waals surface area contributed by atoms with Gasteiger partial charge in [-0.25, -0.2) is 9.37 Å².